The highest BCUT2D eigenvalue weighted by molar-refractivity contribution is 5.79. The largest absolute Gasteiger partial charge is 0.377 e. The number of aromatic amines is 1. The summed E-state index contributed by atoms with van der Waals surface area (Å²) in [5.41, 5.74) is 4.33. The monoisotopic (exact) mass is 266 g/mol. The van der Waals surface area contributed by atoms with Gasteiger partial charge in [0.1, 0.15) is 5.82 Å². The zero-order chi connectivity index (χ0) is 13.8. The van der Waals surface area contributed by atoms with Gasteiger partial charge in [0.05, 0.1) is 17.6 Å². The molecule has 0 aliphatic carbocycles. The Balaban J connectivity index is 1.96. The maximum Gasteiger partial charge on any atom is 0.138 e. The molecular formula is C17H18N2O. The van der Waals surface area contributed by atoms with E-state index < -0.39 is 0 Å². The van der Waals surface area contributed by atoms with Crippen molar-refractivity contribution in [1.82, 2.24) is 9.97 Å². The molecule has 3 rings (SSSR count). The van der Waals surface area contributed by atoms with Crippen molar-refractivity contribution in [3.8, 4) is 11.4 Å². The highest BCUT2D eigenvalue weighted by atomic mass is 16.5. The van der Waals surface area contributed by atoms with E-state index in [-0.39, 0.29) is 0 Å². The molecule has 0 radical (unpaired) electrons. The van der Waals surface area contributed by atoms with Crippen molar-refractivity contribution >= 4 is 11.0 Å². The molecule has 3 nitrogen and oxygen atoms in total. The second kappa shape index (κ2) is 5.88. The topological polar surface area (TPSA) is 37.9 Å². The number of imidazole rings is 1. The van der Waals surface area contributed by atoms with Crippen molar-refractivity contribution in [1.29, 1.82) is 0 Å². The average molecular weight is 266 g/mol. The van der Waals surface area contributed by atoms with Crippen LogP contribution in [0.3, 0.4) is 0 Å². The first-order valence-corrected chi connectivity index (χ1v) is 6.99. The summed E-state index contributed by atoms with van der Waals surface area (Å²) in [5, 5.41) is 0. The second-order valence-corrected chi connectivity index (χ2v) is 4.81. The molecule has 0 aliphatic heterocycles. The minimum Gasteiger partial charge on any atom is -0.377 e. The molecule has 1 N–H and O–H groups in total. The van der Waals surface area contributed by atoms with Gasteiger partial charge in [0, 0.05) is 12.2 Å². The quantitative estimate of drug-likeness (QED) is 0.704. The van der Waals surface area contributed by atoms with Gasteiger partial charge in [0.15, 0.2) is 0 Å². The van der Waals surface area contributed by atoms with Crippen molar-refractivity contribution in [2.24, 2.45) is 0 Å². The molecule has 0 fully saturated rings. The van der Waals surface area contributed by atoms with Gasteiger partial charge < -0.3 is 9.72 Å². The van der Waals surface area contributed by atoms with Gasteiger partial charge in [0.25, 0.3) is 0 Å². The molecule has 3 heteroatoms. The fourth-order valence-electron chi connectivity index (χ4n) is 2.28. The highest BCUT2D eigenvalue weighted by Gasteiger charge is 2.09. The van der Waals surface area contributed by atoms with Gasteiger partial charge >= 0.3 is 0 Å². The minimum absolute atomic E-state index is 0.626. The van der Waals surface area contributed by atoms with Crippen LogP contribution in [0.4, 0.5) is 0 Å². The van der Waals surface area contributed by atoms with Gasteiger partial charge in [0.2, 0.25) is 0 Å². The maximum absolute atomic E-state index is 5.66. The van der Waals surface area contributed by atoms with E-state index in [1.165, 1.54) is 5.56 Å². The van der Waals surface area contributed by atoms with E-state index in [1.807, 2.05) is 36.4 Å². The molecule has 102 valence electrons. The Morgan fingerprint density at radius 1 is 1.05 bits per heavy atom. The zero-order valence-corrected chi connectivity index (χ0v) is 11.6. The van der Waals surface area contributed by atoms with Gasteiger partial charge in [-0.2, -0.15) is 0 Å². The number of aromatic nitrogens is 2. The van der Waals surface area contributed by atoms with Crippen LogP contribution in [0.1, 0.15) is 18.9 Å². The Morgan fingerprint density at radius 2 is 1.85 bits per heavy atom. The Labute approximate surface area is 118 Å². The fraction of sp³-hybridized carbons (Fsp3) is 0.235. The molecule has 0 aliphatic rings. The number of fused-ring (bicyclic) bond motifs is 1. The lowest BCUT2D eigenvalue weighted by Gasteiger charge is -2.07. The third kappa shape index (κ3) is 2.58. The van der Waals surface area contributed by atoms with Crippen LogP contribution in [-0.2, 0) is 11.3 Å². The average Bonchev–Trinajstić information content (AvgIpc) is 2.92. The summed E-state index contributed by atoms with van der Waals surface area (Å²) >= 11 is 0. The third-order valence-corrected chi connectivity index (χ3v) is 3.27. The van der Waals surface area contributed by atoms with Crippen LogP contribution in [0.5, 0.6) is 0 Å². The SMILES string of the molecule is CCCOCc1ccccc1-c1nc2ccccc2[nH]1. The van der Waals surface area contributed by atoms with Crippen molar-refractivity contribution < 1.29 is 4.74 Å². The van der Waals surface area contributed by atoms with Gasteiger partial charge in [-0.25, -0.2) is 4.98 Å². The van der Waals surface area contributed by atoms with Gasteiger partial charge in [-0.05, 0) is 24.1 Å². The van der Waals surface area contributed by atoms with E-state index >= 15 is 0 Å². The number of hydrogen-bond donors (Lipinski definition) is 1. The molecule has 2 aromatic carbocycles. The summed E-state index contributed by atoms with van der Waals surface area (Å²) in [7, 11) is 0. The first-order valence-electron chi connectivity index (χ1n) is 6.99. The van der Waals surface area contributed by atoms with Crippen LogP contribution in [-0.4, -0.2) is 16.6 Å². The molecule has 0 saturated heterocycles. The minimum atomic E-state index is 0.626. The molecule has 0 atom stereocenters. The molecule has 0 saturated carbocycles. The van der Waals surface area contributed by atoms with Crippen molar-refractivity contribution in [3.05, 3.63) is 54.1 Å². The number of hydrogen-bond acceptors (Lipinski definition) is 2. The Morgan fingerprint density at radius 3 is 2.70 bits per heavy atom. The summed E-state index contributed by atoms with van der Waals surface area (Å²) in [6.07, 6.45) is 1.03. The van der Waals surface area contributed by atoms with E-state index in [9.17, 15) is 0 Å². The molecule has 1 aromatic heterocycles. The molecule has 0 spiro atoms. The van der Waals surface area contributed by atoms with Crippen LogP contribution in [0.2, 0.25) is 0 Å². The van der Waals surface area contributed by atoms with Crippen LogP contribution >= 0.6 is 0 Å². The van der Waals surface area contributed by atoms with E-state index in [2.05, 4.69) is 29.0 Å². The van der Waals surface area contributed by atoms with E-state index in [1.54, 1.807) is 0 Å². The number of nitrogens with zero attached hydrogens (tertiary/aromatic N) is 1. The first kappa shape index (κ1) is 12.9. The van der Waals surface area contributed by atoms with E-state index in [0.29, 0.717) is 6.61 Å². The lowest BCUT2D eigenvalue weighted by molar-refractivity contribution is 0.122. The standard InChI is InChI=1S/C17H18N2O/c1-2-11-20-12-13-7-3-4-8-14(13)17-18-15-9-5-6-10-16(15)19-17/h3-10H,2,11-12H2,1H3,(H,18,19). The summed E-state index contributed by atoms with van der Waals surface area (Å²) in [6, 6.07) is 16.3. The normalized spacial score (nSPS) is 11.1. The highest BCUT2D eigenvalue weighted by Crippen LogP contribution is 2.24. The smallest absolute Gasteiger partial charge is 0.138 e. The van der Waals surface area contributed by atoms with Crippen molar-refractivity contribution in [3.63, 3.8) is 0 Å². The van der Waals surface area contributed by atoms with E-state index in [4.69, 9.17) is 4.74 Å². The summed E-state index contributed by atoms with van der Waals surface area (Å²) in [6.45, 7) is 3.53. The molecule has 0 amide bonds. The number of benzene rings is 2. The van der Waals surface area contributed by atoms with Gasteiger partial charge in [-0.1, -0.05) is 43.3 Å². The fourth-order valence-corrected chi connectivity index (χ4v) is 2.28. The second-order valence-electron chi connectivity index (χ2n) is 4.81. The predicted octanol–water partition coefficient (Wildman–Crippen LogP) is 4.16. The van der Waals surface area contributed by atoms with Gasteiger partial charge in [-0.3, -0.25) is 0 Å². The molecule has 0 unspecified atom stereocenters. The van der Waals surface area contributed by atoms with Crippen LogP contribution < -0.4 is 0 Å². The summed E-state index contributed by atoms with van der Waals surface area (Å²) in [5.74, 6) is 0.905. The number of nitrogens with one attached hydrogen (secondary N) is 1. The predicted molar refractivity (Wildman–Crippen MR) is 81.5 cm³/mol. The zero-order valence-electron chi connectivity index (χ0n) is 11.6. The number of H-pyrrole nitrogens is 1. The Hall–Kier alpha value is -2.13. The summed E-state index contributed by atoms with van der Waals surface area (Å²) in [4.78, 5) is 8.04. The Kier molecular flexibility index (Phi) is 3.79. The number of rotatable bonds is 5. The Bertz CT molecular complexity index is 670. The molecule has 20 heavy (non-hydrogen) atoms. The third-order valence-electron chi connectivity index (χ3n) is 3.27. The van der Waals surface area contributed by atoms with Crippen molar-refractivity contribution in [2.75, 3.05) is 6.61 Å². The van der Waals surface area contributed by atoms with Crippen LogP contribution in [0.25, 0.3) is 22.4 Å². The van der Waals surface area contributed by atoms with Crippen LogP contribution in [0.15, 0.2) is 48.5 Å². The van der Waals surface area contributed by atoms with Crippen LogP contribution in [0, 0.1) is 0 Å². The maximum atomic E-state index is 5.66. The number of ether oxygens (including phenoxy) is 1. The molecule has 3 aromatic rings. The molecular weight excluding hydrogens is 248 g/mol. The number of para-hydroxylation sites is 2. The molecule has 0 bridgehead atoms. The lowest BCUT2D eigenvalue weighted by atomic mass is 10.1. The summed E-state index contributed by atoms with van der Waals surface area (Å²) < 4.78 is 5.66. The van der Waals surface area contributed by atoms with Gasteiger partial charge in [-0.15, -0.1) is 0 Å². The first-order chi connectivity index (χ1) is 9.88. The van der Waals surface area contributed by atoms with E-state index in [0.717, 1.165) is 35.4 Å². The lowest BCUT2D eigenvalue weighted by Crippen LogP contribution is -1.97. The molecule has 1 heterocycles. The van der Waals surface area contributed by atoms with Crippen molar-refractivity contribution in [2.45, 2.75) is 20.0 Å².